The molecule has 4 aliphatic rings. The Labute approximate surface area is 246 Å². The number of aliphatic imine (C=N–C) groups is 1. The maximum atomic E-state index is 15.4. The Morgan fingerprint density at radius 3 is 2.51 bits per heavy atom. The van der Waals surface area contributed by atoms with Gasteiger partial charge in [0.1, 0.15) is 17.5 Å². The summed E-state index contributed by atoms with van der Waals surface area (Å²) >= 11 is 0. The van der Waals surface area contributed by atoms with Crippen molar-refractivity contribution in [3.05, 3.63) is 82.2 Å². The first kappa shape index (κ1) is 27.4. The van der Waals surface area contributed by atoms with Crippen LogP contribution in [-0.4, -0.2) is 48.5 Å². The zero-order valence-electron chi connectivity index (χ0n) is 23.6. The standard InChI is InChI=1S/C32H30F4N6O/c1-19-13-21-7-8-26(30(33)25(21)14-19)43-31-39-28(38-27-15-22(18-37-27)20-5-6-20)17-29(40-31)42-11-9-41(10-12-42)24-4-2-3-23(16-24)32(34,35)36/h2-4,7-8,14-17,20H,5-6,9-13,18H2,1H3,(H,37,38,39,40). The van der Waals surface area contributed by atoms with Gasteiger partial charge in [0.2, 0.25) is 0 Å². The molecule has 2 aromatic carbocycles. The molecule has 1 N–H and O–H groups in total. The van der Waals surface area contributed by atoms with Crippen LogP contribution in [0.3, 0.4) is 0 Å². The molecule has 2 fully saturated rings. The molecule has 3 aromatic rings. The van der Waals surface area contributed by atoms with Crippen LogP contribution in [0.15, 0.2) is 64.7 Å². The molecule has 0 atom stereocenters. The Hall–Kier alpha value is -4.41. The molecule has 1 saturated carbocycles. The van der Waals surface area contributed by atoms with E-state index in [9.17, 15) is 13.2 Å². The lowest BCUT2D eigenvalue weighted by Crippen LogP contribution is -2.47. The predicted molar refractivity (Wildman–Crippen MR) is 158 cm³/mol. The Bertz CT molecular complexity index is 1670. The smallest absolute Gasteiger partial charge is 0.416 e. The summed E-state index contributed by atoms with van der Waals surface area (Å²) in [5.74, 6) is 1.93. The summed E-state index contributed by atoms with van der Waals surface area (Å²) in [6.07, 6.45) is 2.58. The molecule has 0 unspecified atom stereocenters. The fourth-order valence-electron chi connectivity index (χ4n) is 5.81. The lowest BCUT2D eigenvalue weighted by atomic mass is 10.1. The number of fused-ring (bicyclic) bond motifs is 1. The molecular weight excluding hydrogens is 560 g/mol. The van der Waals surface area contributed by atoms with E-state index < -0.39 is 17.6 Å². The molecule has 2 aliphatic heterocycles. The third-order valence-electron chi connectivity index (χ3n) is 8.24. The Morgan fingerprint density at radius 2 is 1.74 bits per heavy atom. The molecule has 0 spiro atoms. The Balaban J connectivity index is 1.14. The van der Waals surface area contributed by atoms with E-state index >= 15 is 4.39 Å². The third kappa shape index (κ3) is 5.80. The molecule has 0 bridgehead atoms. The molecule has 7 nitrogen and oxygen atoms in total. The van der Waals surface area contributed by atoms with Crippen molar-refractivity contribution in [2.45, 2.75) is 32.4 Å². The summed E-state index contributed by atoms with van der Waals surface area (Å²) in [6, 6.07) is 10.6. The van der Waals surface area contributed by atoms with Crippen LogP contribution in [0.4, 0.5) is 34.9 Å². The lowest BCUT2D eigenvalue weighted by Gasteiger charge is -2.37. The number of halogens is 4. The molecule has 2 aliphatic carbocycles. The minimum atomic E-state index is -4.40. The summed E-state index contributed by atoms with van der Waals surface area (Å²) in [5, 5.41) is 3.27. The number of nitrogens with zero attached hydrogens (tertiary/aromatic N) is 5. The van der Waals surface area contributed by atoms with Crippen molar-refractivity contribution in [3.8, 4) is 11.8 Å². The van der Waals surface area contributed by atoms with Crippen molar-refractivity contribution in [2.75, 3.05) is 47.8 Å². The highest BCUT2D eigenvalue weighted by molar-refractivity contribution is 6.05. The van der Waals surface area contributed by atoms with Gasteiger partial charge >= 0.3 is 12.2 Å². The first-order chi connectivity index (χ1) is 20.7. The first-order valence-electron chi connectivity index (χ1n) is 14.4. The highest BCUT2D eigenvalue weighted by Crippen LogP contribution is 2.38. The van der Waals surface area contributed by atoms with E-state index in [1.54, 1.807) is 18.2 Å². The number of amidine groups is 1. The number of piperazine rings is 1. The minimum absolute atomic E-state index is 0.0113. The number of alkyl halides is 3. The zero-order chi connectivity index (χ0) is 29.7. The number of ether oxygens (including phenoxy) is 1. The van der Waals surface area contributed by atoms with E-state index in [0.29, 0.717) is 73.8 Å². The second-order valence-corrected chi connectivity index (χ2v) is 11.5. The van der Waals surface area contributed by atoms with E-state index in [1.165, 1.54) is 30.5 Å². The minimum Gasteiger partial charge on any atom is -0.421 e. The van der Waals surface area contributed by atoms with Gasteiger partial charge in [-0.05, 0) is 73.6 Å². The maximum Gasteiger partial charge on any atom is 0.416 e. The monoisotopic (exact) mass is 590 g/mol. The van der Waals surface area contributed by atoms with Crippen molar-refractivity contribution in [1.82, 2.24) is 9.97 Å². The van der Waals surface area contributed by atoms with Crippen LogP contribution >= 0.6 is 0 Å². The van der Waals surface area contributed by atoms with E-state index in [0.717, 1.165) is 17.2 Å². The summed E-state index contributed by atoms with van der Waals surface area (Å²) in [7, 11) is 0. The van der Waals surface area contributed by atoms with Crippen LogP contribution in [0.1, 0.15) is 36.5 Å². The van der Waals surface area contributed by atoms with Crippen molar-refractivity contribution < 1.29 is 22.3 Å². The number of rotatable bonds is 6. The highest BCUT2D eigenvalue weighted by atomic mass is 19.4. The van der Waals surface area contributed by atoms with Crippen LogP contribution in [-0.2, 0) is 12.6 Å². The third-order valence-corrected chi connectivity index (χ3v) is 8.24. The number of benzene rings is 2. The average molecular weight is 591 g/mol. The molecule has 222 valence electrons. The van der Waals surface area contributed by atoms with Crippen LogP contribution in [0.25, 0.3) is 6.08 Å². The fraction of sp³-hybridized carbons (Fsp3) is 0.344. The van der Waals surface area contributed by atoms with Crippen molar-refractivity contribution in [1.29, 1.82) is 0 Å². The summed E-state index contributed by atoms with van der Waals surface area (Å²) in [5.41, 5.74) is 3.68. The summed E-state index contributed by atoms with van der Waals surface area (Å²) in [6.45, 7) is 4.64. The SMILES string of the molecule is CC1=Cc2c(ccc(Oc3nc(NC4=NCC(C5CC5)=C4)cc(N4CCN(c5cccc(C(F)(F)F)c5)CC4)n3)c2F)C1. The number of nitrogens with one attached hydrogen (secondary N) is 1. The van der Waals surface area contributed by atoms with Crippen LogP contribution in [0.2, 0.25) is 0 Å². The largest absolute Gasteiger partial charge is 0.421 e. The first-order valence-corrected chi connectivity index (χ1v) is 14.4. The van der Waals surface area contributed by atoms with Crippen LogP contribution in [0, 0.1) is 11.7 Å². The van der Waals surface area contributed by atoms with E-state index in [1.807, 2.05) is 28.9 Å². The number of anilines is 3. The number of hydrogen-bond donors (Lipinski definition) is 1. The van der Waals surface area contributed by atoms with Gasteiger partial charge < -0.3 is 19.9 Å². The van der Waals surface area contributed by atoms with Gasteiger partial charge in [-0.15, -0.1) is 0 Å². The average Bonchev–Trinajstić information content (AvgIpc) is 3.62. The molecular formula is C32H30F4N6O. The van der Waals surface area contributed by atoms with Gasteiger partial charge in [0, 0.05) is 43.5 Å². The topological polar surface area (TPSA) is 65.9 Å². The molecule has 7 rings (SSSR count). The quantitative estimate of drug-likeness (QED) is 0.316. The van der Waals surface area contributed by atoms with Gasteiger partial charge in [-0.1, -0.05) is 23.8 Å². The van der Waals surface area contributed by atoms with Gasteiger partial charge in [-0.25, -0.2) is 4.39 Å². The Kier molecular flexibility index (Phi) is 6.82. The summed E-state index contributed by atoms with van der Waals surface area (Å²) in [4.78, 5) is 17.7. The number of hydrogen-bond acceptors (Lipinski definition) is 7. The Morgan fingerprint density at radius 1 is 0.953 bits per heavy atom. The van der Waals surface area contributed by atoms with E-state index in [4.69, 9.17) is 4.74 Å². The second kappa shape index (κ2) is 10.7. The zero-order valence-corrected chi connectivity index (χ0v) is 23.6. The van der Waals surface area contributed by atoms with Gasteiger partial charge in [0.15, 0.2) is 11.6 Å². The normalized spacial score (nSPS) is 18.3. The van der Waals surface area contributed by atoms with E-state index in [-0.39, 0.29) is 11.8 Å². The molecule has 1 aromatic heterocycles. The number of allylic oxidation sites excluding steroid dienone is 1. The molecule has 0 radical (unpaired) electrons. The van der Waals surface area contributed by atoms with Crippen LogP contribution in [0.5, 0.6) is 11.8 Å². The van der Waals surface area contributed by atoms with Gasteiger partial charge in [0.25, 0.3) is 0 Å². The summed E-state index contributed by atoms with van der Waals surface area (Å²) < 4.78 is 61.1. The highest BCUT2D eigenvalue weighted by Gasteiger charge is 2.32. The van der Waals surface area contributed by atoms with E-state index in [2.05, 4.69) is 26.4 Å². The van der Waals surface area contributed by atoms with Crippen LogP contribution < -0.4 is 19.9 Å². The van der Waals surface area contributed by atoms with Gasteiger partial charge in [0.05, 0.1) is 12.1 Å². The van der Waals surface area contributed by atoms with Crippen molar-refractivity contribution >= 4 is 29.2 Å². The molecule has 43 heavy (non-hydrogen) atoms. The molecule has 1 saturated heterocycles. The molecule has 3 heterocycles. The van der Waals surface area contributed by atoms with Crippen molar-refractivity contribution in [3.63, 3.8) is 0 Å². The fourth-order valence-corrected chi connectivity index (χ4v) is 5.81. The van der Waals surface area contributed by atoms with Crippen molar-refractivity contribution in [2.24, 2.45) is 10.9 Å². The lowest BCUT2D eigenvalue weighted by molar-refractivity contribution is -0.137. The second-order valence-electron chi connectivity index (χ2n) is 11.5. The molecule has 0 amide bonds. The predicted octanol–water partition coefficient (Wildman–Crippen LogP) is 6.87. The molecule has 11 heteroatoms. The van der Waals surface area contributed by atoms with Gasteiger partial charge in [-0.3, -0.25) is 4.99 Å². The van der Waals surface area contributed by atoms with Gasteiger partial charge in [-0.2, -0.15) is 23.1 Å². The number of aromatic nitrogens is 2. The maximum absolute atomic E-state index is 15.4.